The molecule has 0 aliphatic rings. The van der Waals surface area contributed by atoms with Crippen LogP contribution in [0.4, 0.5) is 0 Å². The summed E-state index contributed by atoms with van der Waals surface area (Å²) < 4.78 is 4.88. The van der Waals surface area contributed by atoms with Gasteiger partial charge < -0.3 is 3.07 Å². The van der Waals surface area contributed by atoms with Crippen molar-refractivity contribution in [2.45, 2.75) is 0 Å². The van der Waals surface area contributed by atoms with Gasteiger partial charge in [0.1, 0.15) is 0 Å². The second-order valence-electron chi connectivity index (χ2n) is 1.63. The third-order valence-corrected chi connectivity index (χ3v) is 2.03. The molecule has 0 amide bonds. The molecule has 0 spiro atoms. The highest BCUT2D eigenvalue weighted by molar-refractivity contribution is 14.1. The van der Waals surface area contributed by atoms with Crippen LogP contribution in [0.2, 0.25) is 10.0 Å². The van der Waals surface area contributed by atoms with E-state index in [9.17, 15) is 0 Å². The summed E-state index contributed by atoms with van der Waals surface area (Å²) in [6, 6.07) is 5.21. The Morgan fingerprint density at radius 3 is 2.00 bits per heavy atom. The van der Waals surface area contributed by atoms with E-state index < -0.39 is 0 Å². The average molecular weight is 289 g/mol. The molecule has 0 aliphatic heterocycles. The van der Waals surface area contributed by atoms with Gasteiger partial charge in [-0.3, -0.25) is 0 Å². The molecule has 0 radical (unpaired) electrons. The summed E-state index contributed by atoms with van der Waals surface area (Å²) in [5.74, 6) is 0.520. The molecule has 0 atom stereocenters. The first kappa shape index (κ1) is 8.43. The van der Waals surface area contributed by atoms with Gasteiger partial charge >= 0.3 is 0 Å². The van der Waals surface area contributed by atoms with Crippen molar-refractivity contribution < 1.29 is 3.07 Å². The van der Waals surface area contributed by atoms with Gasteiger partial charge in [-0.1, -0.05) is 29.3 Å². The number of halogens is 3. The number of hydrogen-bond acceptors (Lipinski definition) is 1. The standard InChI is InChI=1S/C6H3Cl2IO/c7-4-2-1-3-5(8)6(4)10-9/h1-3H. The van der Waals surface area contributed by atoms with Gasteiger partial charge in [0.25, 0.3) is 0 Å². The monoisotopic (exact) mass is 288 g/mol. The van der Waals surface area contributed by atoms with E-state index in [0.29, 0.717) is 15.8 Å². The maximum Gasteiger partial charge on any atom is 0.192 e. The van der Waals surface area contributed by atoms with Crippen molar-refractivity contribution in [3.63, 3.8) is 0 Å². The molecule has 1 rings (SSSR count). The first-order valence-corrected chi connectivity index (χ1v) is 4.12. The minimum absolute atomic E-state index is 0.520. The fourth-order valence-corrected chi connectivity index (χ4v) is 1.77. The maximum atomic E-state index is 5.72. The minimum Gasteiger partial charge on any atom is -0.424 e. The summed E-state index contributed by atoms with van der Waals surface area (Å²) in [6.07, 6.45) is 0. The van der Waals surface area contributed by atoms with Crippen molar-refractivity contribution >= 4 is 46.2 Å². The van der Waals surface area contributed by atoms with Crippen molar-refractivity contribution in [1.82, 2.24) is 0 Å². The fraction of sp³-hybridized carbons (Fsp3) is 0. The van der Waals surface area contributed by atoms with Crippen LogP contribution in [-0.4, -0.2) is 0 Å². The molecule has 0 N–H and O–H groups in total. The van der Waals surface area contributed by atoms with Crippen LogP contribution in [0.15, 0.2) is 18.2 Å². The van der Waals surface area contributed by atoms with Crippen LogP contribution in [-0.2, 0) is 0 Å². The lowest BCUT2D eigenvalue weighted by Gasteiger charge is -2.00. The number of para-hydroxylation sites is 1. The molecule has 1 aromatic carbocycles. The molecule has 0 bridgehead atoms. The topological polar surface area (TPSA) is 9.23 Å². The molecule has 0 heterocycles. The van der Waals surface area contributed by atoms with Crippen molar-refractivity contribution in [3.05, 3.63) is 28.2 Å². The highest BCUT2D eigenvalue weighted by Crippen LogP contribution is 2.33. The zero-order valence-corrected chi connectivity index (χ0v) is 8.44. The van der Waals surface area contributed by atoms with Crippen LogP contribution in [0.5, 0.6) is 5.75 Å². The second-order valence-corrected chi connectivity index (χ2v) is 2.88. The third-order valence-electron chi connectivity index (χ3n) is 0.996. The molecule has 0 saturated heterocycles. The molecule has 0 aromatic heterocycles. The SMILES string of the molecule is Clc1cccc(Cl)c1OI. The second kappa shape index (κ2) is 3.64. The van der Waals surface area contributed by atoms with Gasteiger partial charge in [0.2, 0.25) is 0 Å². The zero-order valence-electron chi connectivity index (χ0n) is 4.77. The van der Waals surface area contributed by atoms with Crippen LogP contribution in [0.1, 0.15) is 0 Å². The molecule has 0 unspecified atom stereocenters. The van der Waals surface area contributed by atoms with E-state index >= 15 is 0 Å². The largest absolute Gasteiger partial charge is 0.424 e. The van der Waals surface area contributed by atoms with Crippen LogP contribution in [0.3, 0.4) is 0 Å². The van der Waals surface area contributed by atoms with Crippen molar-refractivity contribution in [2.75, 3.05) is 0 Å². The van der Waals surface area contributed by atoms with E-state index in [0.717, 1.165) is 0 Å². The quantitative estimate of drug-likeness (QED) is 0.716. The van der Waals surface area contributed by atoms with Gasteiger partial charge in [-0.15, -0.1) is 0 Å². The summed E-state index contributed by atoms with van der Waals surface area (Å²) in [6.45, 7) is 0. The van der Waals surface area contributed by atoms with Gasteiger partial charge in [0.05, 0.1) is 10.0 Å². The molecule has 1 aromatic rings. The van der Waals surface area contributed by atoms with Crippen LogP contribution in [0, 0.1) is 0 Å². The number of rotatable bonds is 1. The Balaban J connectivity index is 3.17. The lowest BCUT2D eigenvalue weighted by Crippen LogP contribution is -1.76. The molecule has 54 valence electrons. The van der Waals surface area contributed by atoms with E-state index in [-0.39, 0.29) is 0 Å². The van der Waals surface area contributed by atoms with Gasteiger partial charge in [-0.2, -0.15) is 0 Å². The Bertz CT molecular complexity index is 219. The first-order chi connectivity index (χ1) is 4.75. The number of hydrogen-bond donors (Lipinski definition) is 0. The van der Waals surface area contributed by atoms with Gasteiger partial charge in [-0.05, 0) is 12.1 Å². The summed E-state index contributed by atoms with van der Waals surface area (Å²) in [7, 11) is 0. The molecule has 0 aliphatic carbocycles. The summed E-state index contributed by atoms with van der Waals surface area (Å²) >= 11 is 13.2. The molecule has 0 saturated carbocycles. The van der Waals surface area contributed by atoms with Gasteiger partial charge in [0.15, 0.2) is 28.8 Å². The summed E-state index contributed by atoms with van der Waals surface area (Å²) in [4.78, 5) is 0. The Kier molecular flexibility index (Phi) is 3.07. The van der Waals surface area contributed by atoms with E-state index in [4.69, 9.17) is 26.3 Å². The molecular weight excluding hydrogens is 286 g/mol. The zero-order chi connectivity index (χ0) is 7.56. The summed E-state index contributed by atoms with van der Waals surface area (Å²) in [5, 5.41) is 1.06. The van der Waals surface area contributed by atoms with Crippen molar-refractivity contribution in [1.29, 1.82) is 0 Å². The highest BCUT2D eigenvalue weighted by atomic mass is 127. The minimum atomic E-state index is 0.520. The molecule has 0 fully saturated rings. The average Bonchev–Trinajstić information content (AvgIpc) is 1.88. The first-order valence-electron chi connectivity index (χ1n) is 2.48. The van der Waals surface area contributed by atoms with E-state index in [1.54, 1.807) is 41.2 Å². The highest BCUT2D eigenvalue weighted by Gasteiger charge is 2.03. The van der Waals surface area contributed by atoms with E-state index in [2.05, 4.69) is 0 Å². The van der Waals surface area contributed by atoms with E-state index in [1.165, 1.54) is 0 Å². The van der Waals surface area contributed by atoms with Gasteiger partial charge in [0, 0.05) is 0 Å². The Morgan fingerprint density at radius 2 is 1.70 bits per heavy atom. The lowest BCUT2D eigenvalue weighted by molar-refractivity contribution is 0.717. The molecule has 1 nitrogen and oxygen atoms in total. The Labute approximate surface area is 83.0 Å². The van der Waals surface area contributed by atoms with Crippen LogP contribution >= 0.6 is 46.2 Å². The fourth-order valence-electron chi connectivity index (χ4n) is 0.556. The Morgan fingerprint density at radius 1 is 1.20 bits per heavy atom. The molecular formula is C6H3Cl2IO. The van der Waals surface area contributed by atoms with Crippen LogP contribution in [0.25, 0.3) is 0 Å². The lowest BCUT2D eigenvalue weighted by atomic mass is 10.3. The predicted molar refractivity (Wildman–Crippen MR) is 51.1 cm³/mol. The van der Waals surface area contributed by atoms with Crippen molar-refractivity contribution in [3.8, 4) is 5.75 Å². The normalized spacial score (nSPS) is 9.50. The third kappa shape index (κ3) is 1.68. The van der Waals surface area contributed by atoms with Crippen molar-refractivity contribution in [2.24, 2.45) is 0 Å². The predicted octanol–water partition coefficient (Wildman–Crippen LogP) is 3.72. The van der Waals surface area contributed by atoms with E-state index in [1.807, 2.05) is 0 Å². The number of benzene rings is 1. The Hall–Kier alpha value is 0.330. The molecule has 10 heavy (non-hydrogen) atoms. The molecule has 4 heteroatoms. The van der Waals surface area contributed by atoms with Gasteiger partial charge in [-0.25, -0.2) is 0 Å². The maximum absolute atomic E-state index is 5.72. The summed E-state index contributed by atoms with van der Waals surface area (Å²) in [5.41, 5.74) is 0. The van der Waals surface area contributed by atoms with Crippen LogP contribution < -0.4 is 3.07 Å². The smallest absolute Gasteiger partial charge is 0.192 e.